The molecular formula is C16H24BrNO. The molecule has 2 rings (SSSR count). The maximum atomic E-state index is 5.86. The summed E-state index contributed by atoms with van der Waals surface area (Å²) in [5.41, 5.74) is 2.56. The van der Waals surface area contributed by atoms with Gasteiger partial charge in [-0.05, 0) is 42.5 Å². The number of benzene rings is 1. The Morgan fingerprint density at radius 2 is 2.11 bits per heavy atom. The molecule has 0 amide bonds. The third-order valence-corrected chi connectivity index (χ3v) is 4.52. The Bertz CT molecular complexity index is 388. The first-order valence-corrected chi connectivity index (χ1v) is 8.14. The fourth-order valence-electron chi connectivity index (χ4n) is 2.60. The van der Waals surface area contributed by atoms with Crippen molar-refractivity contribution in [1.82, 2.24) is 5.32 Å². The number of ether oxygens (including phenoxy) is 1. The van der Waals surface area contributed by atoms with Crippen molar-refractivity contribution in [3.8, 4) is 0 Å². The maximum Gasteiger partial charge on any atom is 0.0727 e. The van der Waals surface area contributed by atoms with Gasteiger partial charge in [0.2, 0.25) is 0 Å². The molecule has 0 radical (unpaired) electrons. The van der Waals surface area contributed by atoms with Crippen molar-refractivity contribution in [2.24, 2.45) is 5.92 Å². The lowest BCUT2D eigenvalue weighted by atomic mass is 10.1. The molecule has 1 aliphatic rings. The Morgan fingerprint density at radius 1 is 1.32 bits per heavy atom. The van der Waals surface area contributed by atoms with E-state index in [2.05, 4.69) is 46.4 Å². The van der Waals surface area contributed by atoms with Crippen molar-refractivity contribution < 1.29 is 4.74 Å². The average molecular weight is 326 g/mol. The highest BCUT2D eigenvalue weighted by Crippen LogP contribution is 2.26. The molecule has 0 heterocycles. The number of halogens is 1. The fraction of sp³-hybridized carbons (Fsp3) is 0.625. The summed E-state index contributed by atoms with van der Waals surface area (Å²) in [5.74, 6) is 0.798. The van der Waals surface area contributed by atoms with E-state index in [4.69, 9.17) is 4.74 Å². The van der Waals surface area contributed by atoms with Crippen molar-refractivity contribution in [2.75, 3.05) is 13.2 Å². The van der Waals surface area contributed by atoms with Gasteiger partial charge in [0.1, 0.15) is 0 Å². The molecule has 1 aromatic rings. The zero-order valence-electron chi connectivity index (χ0n) is 11.8. The Kier molecular flexibility index (Phi) is 6.35. The first-order chi connectivity index (χ1) is 9.29. The molecule has 0 aliphatic heterocycles. The molecule has 0 spiro atoms. The summed E-state index contributed by atoms with van der Waals surface area (Å²) in [6.07, 6.45) is 5.47. The van der Waals surface area contributed by atoms with Crippen LogP contribution in [0.2, 0.25) is 0 Å². The van der Waals surface area contributed by atoms with Crippen molar-refractivity contribution in [2.45, 2.75) is 45.8 Å². The minimum atomic E-state index is 0.721. The molecule has 1 saturated carbocycles. The first kappa shape index (κ1) is 15.0. The van der Waals surface area contributed by atoms with E-state index in [9.17, 15) is 0 Å². The summed E-state index contributed by atoms with van der Waals surface area (Å²) >= 11 is 3.64. The lowest BCUT2D eigenvalue weighted by Gasteiger charge is -2.12. The molecule has 19 heavy (non-hydrogen) atoms. The standard InChI is InChI=1S/C16H24BrNO/c1-2-18-10-14-7-8-15(16(17)9-14)12-19-11-13-5-3-4-6-13/h7-9,13,18H,2-6,10-12H2,1H3. The fourth-order valence-corrected chi connectivity index (χ4v) is 3.14. The van der Waals surface area contributed by atoms with E-state index in [0.29, 0.717) is 0 Å². The molecule has 0 atom stereocenters. The third-order valence-electron chi connectivity index (χ3n) is 3.78. The van der Waals surface area contributed by atoms with E-state index in [1.807, 2.05) is 0 Å². The van der Waals surface area contributed by atoms with Crippen LogP contribution in [0, 0.1) is 5.92 Å². The Balaban J connectivity index is 1.79. The molecule has 0 saturated heterocycles. The summed E-state index contributed by atoms with van der Waals surface area (Å²) in [6.45, 7) is 5.70. The maximum absolute atomic E-state index is 5.86. The summed E-state index contributed by atoms with van der Waals surface area (Å²) < 4.78 is 7.02. The van der Waals surface area contributed by atoms with Crippen LogP contribution in [0.3, 0.4) is 0 Å². The quantitative estimate of drug-likeness (QED) is 0.808. The minimum Gasteiger partial charge on any atom is -0.376 e. The molecule has 0 bridgehead atoms. The monoisotopic (exact) mass is 325 g/mol. The van der Waals surface area contributed by atoms with E-state index in [-0.39, 0.29) is 0 Å². The van der Waals surface area contributed by atoms with Crippen LogP contribution in [-0.4, -0.2) is 13.2 Å². The lowest BCUT2D eigenvalue weighted by molar-refractivity contribution is 0.0885. The SMILES string of the molecule is CCNCc1ccc(COCC2CCCC2)c(Br)c1. The zero-order valence-corrected chi connectivity index (χ0v) is 13.3. The molecule has 1 N–H and O–H groups in total. The molecular weight excluding hydrogens is 302 g/mol. The predicted octanol–water partition coefficient (Wildman–Crippen LogP) is 4.27. The predicted molar refractivity (Wildman–Crippen MR) is 83.1 cm³/mol. The smallest absolute Gasteiger partial charge is 0.0727 e. The van der Waals surface area contributed by atoms with Gasteiger partial charge < -0.3 is 10.1 Å². The summed E-state index contributed by atoms with van der Waals surface area (Å²) in [5, 5.41) is 3.34. The van der Waals surface area contributed by atoms with Gasteiger partial charge in [-0.15, -0.1) is 0 Å². The van der Waals surface area contributed by atoms with Gasteiger partial charge in [0.25, 0.3) is 0 Å². The highest BCUT2D eigenvalue weighted by Gasteiger charge is 2.14. The molecule has 1 fully saturated rings. The second-order valence-corrected chi connectivity index (χ2v) is 6.23. The molecule has 2 nitrogen and oxygen atoms in total. The van der Waals surface area contributed by atoms with Gasteiger partial charge in [0.15, 0.2) is 0 Å². The van der Waals surface area contributed by atoms with Crippen LogP contribution in [0.5, 0.6) is 0 Å². The lowest BCUT2D eigenvalue weighted by Crippen LogP contribution is -2.11. The van der Waals surface area contributed by atoms with Crippen LogP contribution in [0.1, 0.15) is 43.7 Å². The van der Waals surface area contributed by atoms with Crippen LogP contribution >= 0.6 is 15.9 Å². The number of nitrogens with one attached hydrogen (secondary N) is 1. The summed E-state index contributed by atoms with van der Waals surface area (Å²) in [6, 6.07) is 6.55. The molecule has 1 aromatic carbocycles. The normalized spacial score (nSPS) is 16.1. The average Bonchev–Trinajstić information content (AvgIpc) is 2.92. The number of hydrogen-bond donors (Lipinski definition) is 1. The van der Waals surface area contributed by atoms with Crippen molar-refractivity contribution in [3.63, 3.8) is 0 Å². The number of hydrogen-bond acceptors (Lipinski definition) is 2. The topological polar surface area (TPSA) is 21.3 Å². The van der Waals surface area contributed by atoms with Gasteiger partial charge in [-0.1, -0.05) is 47.8 Å². The molecule has 0 aromatic heterocycles. The zero-order chi connectivity index (χ0) is 13.5. The van der Waals surface area contributed by atoms with Crippen molar-refractivity contribution >= 4 is 15.9 Å². The summed E-state index contributed by atoms with van der Waals surface area (Å²) in [7, 11) is 0. The van der Waals surface area contributed by atoms with Crippen LogP contribution in [0.25, 0.3) is 0 Å². The van der Waals surface area contributed by atoms with E-state index in [1.165, 1.54) is 36.8 Å². The van der Waals surface area contributed by atoms with Gasteiger partial charge in [0, 0.05) is 17.6 Å². The Labute approximate surface area is 125 Å². The van der Waals surface area contributed by atoms with Crippen molar-refractivity contribution in [1.29, 1.82) is 0 Å². The van der Waals surface area contributed by atoms with Crippen LogP contribution in [-0.2, 0) is 17.9 Å². The molecule has 106 valence electrons. The van der Waals surface area contributed by atoms with E-state index >= 15 is 0 Å². The minimum absolute atomic E-state index is 0.721. The van der Waals surface area contributed by atoms with Crippen LogP contribution in [0.15, 0.2) is 22.7 Å². The van der Waals surface area contributed by atoms with Crippen LogP contribution in [0.4, 0.5) is 0 Å². The first-order valence-electron chi connectivity index (χ1n) is 7.35. The largest absolute Gasteiger partial charge is 0.376 e. The summed E-state index contributed by atoms with van der Waals surface area (Å²) in [4.78, 5) is 0. The number of rotatable bonds is 7. The third kappa shape index (κ3) is 4.90. The van der Waals surface area contributed by atoms with Gasteiger partial charge in [0.05, 0.1) is 6.61 Å². The second-order valence-electron chi connectivity index (χ2n) is 5.37. The molecule has 1 aliphatic carbocycles. The van der Waals surface area contributed by atoms with Gasteiger partial charge in [-0.25, -0.2) is 0 Å². The Hall–Kier alpha value is -0.380. The highest BCUT2D eigenvalue weighted by atomic mass is 79.9. The van der Waals surface area contributed by atoms with E-state index in [1.54, 1.807) is 0 Å². The van der Waals surface area contributed by atoms with Gasteiger partial charge in [-0.2, -0.15) is 0 Å². The van der Waals surface area contributed by atoms with Gasteiger partial charge in [-0.3, -0.25) is 0 Å². The van der Waals surface area contributed by atoms with Crippen molar-refractivity contribution in [3.05, 3.63) is 33.8 Å². The van der Waals surface area contributed by atoms with E-state index < -0.39 is 0 Å². The highest BCUT2D eigenvalue weighted by molar-refractivity contribution is 9.10. The molecule has 3 heteroatoms. The van der Waals surface area contributed by atoms with Crippen LogP contribution < -0.4 is 5.32 Å². The van der Waals surface area contributed by atoms with E-state index in [0.717, 1.165) is 36.7 Å². The second kappa shape index (κ2) is 8.03. The molecule has 0 unspecified atom stereocenters. The van der Waals surface area contributed by atoms with Gasteiger partial charge >= 0.3 is 0 Å². The Morgan fingerprint density at radius 3 is 2.79 bits per heavy atom.